The number of morpholine rings is 1. The monoisotopic (exact) mass is 290 g/mol. The van der Waals surface area contributed by atoms with Crippen molar-refractivity contribution in [2.24, 2.45) is 0 Å². The third-order valence-corrected chi connectivity index (χ3v) is 4.02. The standard InChI is InChI=1S/C15H22N4O2/c16-12-10-13-11(1-2-15(20)18-13)9-14(12)17-3-4-19-5-7-21-8-6-19/h9-10,17H,1-8,16H2,(H,18,20). The molecule has 0 bridgehead atoms. The Labute approximate surface area is 124 Å². The van der Waals surface area contributed by atoms with Gasteiger partial charge in [0.15, 0.2) is 0 Å². The van der Waals surface area contributed by atoms with Crippen molar-refractivity contribution in [3.05, 3.63) is 17.7 Å². The first-order valence-electron chi connectivity index (χ1n) is 7.48. The van der Waals surface area contributed by atoms with Gasteiger partial charge in [0.25, 0.3) is 0 Å². The zero-order chi connectivity index (χ0) is 14.7. The minimum Gasteiger partial charge on any atom is -0.397 e. The van der Waals surface area contributed by atoms with Gasteiger partial charge >= 0.3 is 0 Å². The first-order valence-corrected chi connectivity index (χ1v) is 7.48. The average molecular weight is 290 g/mol. The van der Waals surface area contributed by atoms with Crippen LogP contribution in [0.3, 0.4) is 0 Å². The number of carbonyl (C=O) groups is 1. The summed E-state index contributed by atoms with van der Waals surface area (Å²) in [6.07, 6.45) is 1.32. The van der Waals surface area contributed by atoms with Gasteiger partial charge in [-0.15, -0.1) is 0 Å². The molecule has 1 saturated heterocycles. The summed E-state index contributed by atoms with van der Waals surface area (Å²) in [7, 11) is 0. The highest BCUT2D eigenvalue weighted by molar-refractivity contribution is 5.95. The molecule has 2 aliphatic rings. The number of hydrogen-bond acceptors (Lipinski definition) is 5. The number of hydrogen-bond donors (Lipinski definition) is 3. The fraction of sp³-hybridized carbons (Fsp3) is 0.533. The molecule has 0 unspecified atom stereocenters. The Morgan fingerprint density at radius 2 is 2.10 bits per heavy atom. The molecule has 0 aliphatic carbocycles. The van der Waals surface area contributed by atoms with Gasteiger partial charge in [0.1, 0.15) is 0 Å². The predicted octanol–water partition coefficient (Wildman–Crippen LogP) is 0.898. The molecule has 0 spiro atoms. The lowest BCUT2D eigenvalue weighted by Crippen LogP contribution is -2.39. The number of nitrogens with zero attached hydrogens (tertiary/aromatic N) is 1. The van der Waals surface area contributed by atoms with E-state index in [9.17, 15) is 4.79 Å². The van der Waals surface area contributed by atoms with E-state index in [2.05, 4.69) is 21.6 Å². The highest BCUT2D eigenvalue weighted by atomic mass is 16.5. The third kappa shape index (κ3) is 3.46. The molecule has 114 valence electrons. The van der Waals surface area contributed by atoms with Crippen LogP contribution in [0.2, 0.25) is 0 Å². The number of rotatable bonds is 4. The zero-order valence-electron chi connectivity index (χ0n) is 12.2. The van der Waals surface area contributed by atoms with Crippen molar-refractivity contribution < 1.29 is 9.53 Å². The first-order chi connectivity index (χ1) is 10.2. The summed E-state index contributed by atoms with van der Waals surface area (Å²) in [5.41, 5.74) is 9.70. The Morgan fingerprint density at radius 1 is 1.29 bits per heavy atom. The minimum absolute atomic E-state index is 0.0647. The van der Waals surface area contributed by atoms with E-state index >= 15 is 0 Å². The van der Waals surface area contributed by atoms with Gasteiger partial charge in [-0.25, -0.2) is 0 Å². The molecule has 4 N–H and O–H groups in total. The average Bonchev–Trinajstić information content (AvgIpc) is 2.49. The van der Waals surface area contributed by atoms with Crippen molar-refractivity contribution in [3.8, 4) is 0 Å². The van der Waals surface area contributed by atoms with Crippen molar-refractivity contribution in [1.82, 2.24) is 4.90 Å². The maximum absolute atomic E-state index is 11.4. The molecule has 3 rings (SSSR count). The largest absolute Gasteiger partial charge is 0.397 e. The molecule has 2 heterocycles. The van der Waals surface area contributed by atoms with Crippen LogP contribution in [-0.2, 0) is 16.0 Å². The maximum atomic E-state index is 11.4. The van der Waals surface area contributed by atoms with Gasteiger partial charge in [0, 0.05) is 38.3 Å². The minimum atomic E-state index is 0.0647. The number of aryl methyl sites for hydroxylation is 1. The smallest absolute Gasteiger partial charge is 0.224 e. The summed E-state index contributed by atoms with van der Waals surface area (Å²) >= 11 is 0. The molecule has 0 radical (unpaired) electrons. The van der Waals surface area contributed by atoms with Crippen LogP contribution in [0, 0.1) is 0 Å². The van der Waals surface area contributed by atoms with Crippen molar-refractivity contribution >= 4 is 23.0 Å². The van der Waals surface area contributed by atoms with Gasteiger partial charge in [-0.05, 0) is 24.1 Å². The van der Waals surface area contributed by atoms with E-state index in [0.29, 0.717) is 12.1 Å². The summed E-state index contributed by atoms with van der Waals surface area (Å²) < 4.78 is 5.34. The number of carbonyl (C=O) groups excluding carboxylic acids is 1. The van der Waals surface area contributed by atoms with Crippen LogP contribution < -0.4 is 16.4 Å². The lowest BCUT2D eigenvalue weighted by Gasteiger charge is -2.27. The summed E-state index contributed by atoms with van der Waals surface area (Å²) in [4.78, 5) is 13.8. The van der Waals surface area contributed by atoms with Crippen LogP contribution in [0.1, 0.15) is 12.0 Å². The summed E-state index contributed by atoms with van der Waals surface area (Å²) in [5.74, 6) is 0.0647. The molecule has 0 saturated carbocycles. The fourth-order valence-corrected chi connectivity index (χ4v) is 2.77. The van der Waals surface area contributed by atoms with Gasteiger partial charge in [-0.1, -0.05) is 0 Å². The molecular formula is C15H22N4O2. The Balaban J connectivity index is 1.59. The molecule has 1 amide bonds. The van der Waals surface area contributed by atoms with E-state index in [1.54, 1.807) is 0 Å². The molecular weight excluding hydrogens is 268 g/mol. The molecule has 21 heavy (non-hydrogen) atoms. The summed E-state index contributed by atoms with van der Waals surface area (Å²) in [5, 5.41) is 6.27. The van der Waals surface area contributed by atoms with Crippen LogP contribution in [0.4, 0.5) is 17.1 Å². The number of nitrogen functional groups attached to an aromatic ring is 1. The Kier molecular flexibility index (Phi) is 4.26. The molecule has 0 atom stereocenters. The predicted molar refractivity (Wildman–Crippen MR) is 83.6 cm³/mol. The lowest BCUT2D eigenvalue weighted by molar-refractivity contribution is -0.116. The molecule has 1 fully saturated rings. The van der Waals surface area contributed by atoms with Crippen molar-refractivity contribution in [1.29, 1.82) is 0 Å². The van der Waals surface area contributed by atoms with E-state index in [0.717, 1.165) is 62.8 Å². The molecule has 6 heteroatoms. The van der Waals surface area contributed by atoms with E-state index in [1.807, 2.05) is 6.07 Å². The van der Waals surface area contributed by atoms with Crippen LogP contribution in [-0.4, -0.2) is 50.2 Å². The lowest BCUT2D eigenvalue weighted by atomic mass is 10.0. The number of nitrogens with one attached hydrogen (secondary N) is 2. The van der Waals surface area contributed by atoms with Crippen molar-refractivity contribution in [3.63, 3.8) is 0 Å². The highest BCUT2D eigenvalue weighted by Gasteiger charge is 2.16. The zero-order valence-corrected chi connectivity index (χ0v) is 12.2. The summed E-state index contributed by atoms with van der Waals surface area (Å²) in [6, 6.07) is 3.91. The van der Waals surface area contributed by atoms with E-state index in [-0.39, 0.29) is 5.91 Å². The van der Waals surface area contributed by atoms with Crippen LogP contribution in [0.15, 0.2) is 12.1 Å². The number of anilines is 3. The number of fused-ring (bicyclic) bond motifs is 1. The maximum Gasteiger partial charge on any atom is 0.224 e. The second-order valence-corrected chi connectivity index (χ2v) is 5.53. The van der Waals surface area contributed by atoms with Crippen LogP contribution >= 0.6 is 0 Å². The number of ether oxygens (including phenoxy) is 1. The fourth-order valence-electron chi connectivity index (χ4n) is 2.77. The van der Waals surface area contributed by atoms with Gasteiger partial charge in [-0.2, -0.15) is 0 Å². The number of benzene rings is 1. The van der Waals surface area contributed by atoms with E-state index < -0.39 is 0 Å². The highest BCUT2D eigenvalue weighted by Crippen LogP contribution is 2.30. The summed E-state index contributed by atoms with van der Waals surface area (Å²) in [6.45, 7) is 5.47. The third-order valence-electron chi connectivity index (χ3n) is 4.02. The SMILES string of the molecule is Nc1cc2c(cc1NCCN1CCOCC1)CCC(=O)N2. The number of nitrogens with two attached hydrogens (primary N) is 1. The van der Waals surface area contributed by atoms with Gasteiger partial charge in [0.05, 0.1) is 24.6 Å². The Bertz CT molecular complexity index is 527. The van der Waals surface area contributed by atoms with Gasteiger partial charge < -0.3 is 21.1 Å². The van der Waals surface area contributed by atoms with Gasteiger partial charge in [-0.3, -0.25) is 9.69 Å². The normalized spacial score (nSPS) is 19.0. The quantitative estimate of drug-likeness (QED) is 0.718. The van der Waals surface area contributed by atoms with Crippen LogP contribution in [0.25, 0.3) is 0 Å². The molecule has 1 aromatic rings. The molecule has 6 nitrogen and oxygen atoms in total. The second kappa shape index (κ2) is 6.32. The van der Waals surface area contributed by atoms with Crippen LogP contribution in [0.5, 0.6) is 0 Å². The Morgan fingerprint density at radius 3 is 2.90 bits per heavy atom. The van der Waals surface area contributed by atoms with Gasteiger partial charge in [0.2, 0.25) is 5.91 Å². The Hall–Kier alpha value is -1.79. The topological polar surface area (TPSA) is 79.6 Å². The second-order valence-electron chi connectivity index (χ2n) is 5.53. The van der Waals surface area contributed by atoms with E-state index in [1.165, 1.54) is 0 Å². The molecule has 1 aromatic carbocycles. The first kappa shape index (κ1) is 14.2. The van der Waals surface area contributed by atoms with E-state index in [4.69, 9.17) is 10.5 Å². The molecule has 0 aromatic heterocycles. The van der Waals surface area contributed by atoms with Crippen molar-refractivity contribution in [2.45, 2.75) is 12.8 Å². The van der Waals surface area contributed by atoms with Crippen molar-refractivity contribution in [2.75, 3.05) is 55.8 Å². The molecule has 2 aliphatic heterocycles. The number of amides is 1.